The molecule has 9 nitrogen and oxygen atoms in total. The second kappa shape index (κ2) is 13.9. The summed E-state index contributed by atoms with van der Waals surface area (Å²) < 4.78 is 60.6. The van der Waals surface area contributed by atoms with Crippen molar-refractivity contribution in [2.24, 2.45) is 0 Å². The largest absolute Gasteiger partial charge is 0.490 e. The van der Waals surface area contributed by atoms with Crippen LogP contribution in [0.1, 0.15) is 16.8 Å². The molecule has 1 aromatic rings. The first kappa shape index (κ1) is 26.8. The van der Waals surface area contributed by atoms with E-state index in [4.69, 9.17) is 19.7 Å². The summed E-state index contributed by atoms with van der Waals surface area (Å²) in [4.78, 5) is 31.0. The number of carboxylic acids is 2. The third-order valence-corrected chi connectivity index (χ3v) is 4.81. The number of hydrogen-bond acceptors (Lipinski definition) is 7. The molecule has 1 amide bonds. The number of carbonyl (C=O) groups is 3. The molecular weight excluding hydrogens is 453 g/mol. The second-order valence-corrected chi connectivity index (χ2v) is 7.36. The lowest BCUT2D eigenvalue weighted by Gasteiger charge is -2.06. The number of alkyl halides is 5. The van der Waals surface area contributed by atoms with Crippen molar-refractivity contribution in [1.29, 1.82) is 0 Å². The number of halogens is 5. The summed E-state index contributed by atoms with van der Waals surface area (Å²) >= 11 is 0. The van der Waals surface area contributed by atoms with E-state index in [0.717, 1.165) is 0 Å². The minimum absolute atomic E-state index is 0.0594. The van der Waals surface area contributed by atoms with Crippen LogP contribution in [-0.2, 0) is 9.59 Å². The molecule has 0 aromatic carbocycles. The fourth-order valence-corrected chi connectivity index (χ4v) is 3.13. The van der Waals surface area contributed by atoms with Gasteiger partial charge < -0.3 is 20.3 Å². The smallest absolute Gasteiger partial charge is 0.481 e. The summed E-state index contributed by atoms with van der Waals surface area (Å²) in [5, 5.41) is 24.1. The van der Waals surface area contributed by atoms with Gasteiger partial charge in [0.15, 0.2) is 6.61 Å². The lowest BCUT2D eigenvalue weighted by molar-refractivity contribution is -0.192. The van der Waals surface area contributed by atoms with E-state index in [1.807, 2.05) is 0 Å². The van der Waals surface area contributed by atoms with Gasteiger partial charge in [0.2, 0.25) is 5.88 Å². The number of aliphatic carboxylic acids is 2. The van der Waals surface area contributed by atoms with Crippen molar-refractivity contribution in [3.8, 4) is 5.88 Å². The Morgan fingerprint density at radius 1 is 1.21 bits per heavy atom. The van der Waals surface area contributed by atoms with E-state index in [9.17, 15) is 31.5 Å². The number of carbonyl (C=O) groups excluding carboxylic acids is 1. The van der Waals surface area contributed by atoms with Gasteiger partial charge in [0.05, 0.1) is 12.6 Å². The summed E-state index contributed by atoms with van der Waals surface area (Å²) in [6.07, 6.45) is -6.44. The lowest BCUT2D eigenvalue weighted by atomic mass is 10.3. The normalized spacial score (nSPS) is 10.8. The number of rotatable bonds is 11. The van der Waals surface area contributed by atoms with Crippen LogP contribution in [0.2, 0.25) is 0 Å². The molecular formula is C13H16F5N3O6S2. The average molecular weight is 469 g/mol. The molecule has 0 aliphatic heterocycles. The molecule has 0 aliphatic rings. The molecule has 0 unspecified atom stereocenters. The van der Waals surface area contributed by atoms with Crippen LogP contribution in [0.4, 0.5) is 22.0 Å². The lowest BCUT2D eigenvalue weighted by Crippen LogP contribution is -2.26. The predicted molar refractivity (Wildman–Crippen MR) is 93.3 cm³/mol. The quantitative estimate of drug-likeness (QED) is 0.218. The number of hydrogen-bond donors (Lipinski definition) is 4. The van der Waals surface area contributed by atoms with Crippen molar-refractivity contribution in [3.63, 3.8) is 0 Å². The van der Waals surface area contributed by atoms with Gasteiger partial charge in [-0.05, 0) is 0 Å². The topological polar surface area (TPSA) is 142 Å². The Morgan fingerprint density at radius 2 is 1.79 bits per heavy atom. The van der Waals surface area contributed by atoms with E-state index in [-0.39, 0.29) is 17.9 Å². The molecule has 0 atom stereocenters. The van der Waals surface area contributed by atoms with E-state index in [0.29, 0.717) is 18.1 Å². The molecule has 1 heterocycles. The number of nitrogens with zero attached hydrogens (tertiary/aromatic N) is 1. The van der Waals surface area contributed by atoms with E-state index in [1.54, 1.807) is 0 Å². The van der Waals surface area contributed by atoms with Crippen LogP contribution in [0.25, 0.3) is 0 Å². The van der Waals surface area contributed by atoms with Crippen molar-refractivity contribution >= 4 is 39.4 Å². The number of aromatic nitrogens is 2. The number of ether oxygens (including phenoxy) is 1. The Hall–Kier alpha value is -2.23. The van der Waals surface area contributed by atoms with Crippen LogP contribution >= 0.6 is 21.6 Å². The van der Waals surface area contributed by atoms with Gasteiger partial charge in [-0.3, -0.25) is 9.59 Å². The molecule has 0 saturated carbocycles. The Balaban J connectivity index is 0.000000956. The fourth-order valence-electron chi connectivity index (χ4n) is 1.24. The highest BCUT2D eigenvalue weighted by atomic mass is 33.1. The zero-order chi connectivity index (χ0) is 22.4. The molecule has 0 bridgehead atoms. The number of nitrogens with one attached hydrogen (secondary N) is 2. The number of aromatic amines is 1. The first-order valence-corrected chi connectivity index (χ1v) is 9.92. The number of H-pyrrole nitrogens is 1. The third-order valence-electron chi connectivity index (χ3n) is 2.40. The zero-order valence-electron chi connectivity index (χ0n) is 14.4. The highest BCUT2D eigenvalue weighted by molar-refractivity contribution is 8.76. The summed E-state index contributed by atoms with van der Waals surface area (Å²) in [6, 6.07) is 0. The van der Waals surface area contributed by atoms with Crippen molar-refractivity contribution < 1.29 is 51.3 Å². The van der Waals surface area contributed by atoms with E-state index >= 15 is 0 Å². The first-order valence-electron chi connectivity index (χ1n) is 7.44. The van der Waals surface area contributed by atoms with Crippen LogP contribution in [0.5, 0.6) is 5.88 Å². The van der Waals surface area contributed by atoms with Gasteiger partial charge in [0, 0.05) is 18.1 Å². The molecule has 0 spiro atoms. The van der Waals surface area contributed by atoms with Crippen LogP contribution < -0.4 is 10.1 Å². The molecule has 1 rings (SSSR count). The molecule has 0 fully saturated rings. The van der Waals surface area contributed by atoms with Gasteiger partial charge >= 0.3 is 18.1 Å². The minimum atomic E-state index is -5.08. The molecule has 4 N–H and O–H groups in total. The maximum atomic E-state index is 12.1. The van der Waals surface area contributed by atoms with Crippen molar-refractivity contribution in [1.82, 2.24) is 15.5 Å². The summed E-state index contributed by atoms with van der Waals surface area (Å²) in [7, 11) is 2.84. The van der Waals surface area contributed by atoms with Crippen molar-refractivity contribution in [2.75, 3.05) is 24.7 Å². The SMILES string of the molecule is O=C(O)C(F)(F)F.O=C(O)CCSSCCNC(=O)c1cn[nH]c1OCC(F)F. The molecule has 0 aliphatic carbocycles. The first-order chi connectivity index (χ1) is 13.4. The molecule has 166 valence electrons. The fraction of sp³-hybridized carbons (Fsp3) is 0.538. The zero-order valence-corrected chi connectivity index (χ0v) is 16.0. The van der Waals surface area contributed by atoms with Gasteiger partial charge in [-0.15, -0.1) is 0 Å². The Bertz CT molecular complexity index is 659. The number of amides is 1. The Kier molecular flexibility index (Phi) is 12.8. The van der Waals surface area contributed by atoms with Crippen LogP contribution in [0, 0.1) is 0 Å². The van der Waals surface area contributed by atoms with Crippen molar-refractivity contribution in [2.45, 2.75) is 19.0 Å². The van der Waals surface area contributed by atoms with Gasteiger partial charge in [-0.2, -0.15) is 18.3 Å². The average Bonchev–Trinajstić information content (AvgIpc) is 3.07. The highest BCUT2D eigenvalue weighted by Crippen LogP contribution is 2.21. The van der Waals surface area contributed by atoms with Crippen LogP contribution in [0.3, 0.4) is 0 Å². The summed E-state index contributed by atoms with van der Waals surface area (Å²) in [5.74, 6) is -3.11. The van der Waals surface area contributed by atoms with Gasteiger partial charge in [-0.1, -0.05) is 21.6 Å². The van der Waals surface area contributed by atoms with Gasteiger partial charge in [-0.25, -0.2) is 18.7 Å². The molecule has 0 saturated heterocycles. The minimum Gasteiger partial charge on any atom is -0.481 e. The van der Waals surface area contributed by atoms with E-state index < -0.39 is 37.1 Å². The molecule has 1 aromatic heterocycles. The third kappa shape index (κ3) is 13.6. The maximum Gasteiger partial charge on any atom is 0.490 e. The van der Waals surface area contributed by atoms with Crippen LogP contribution in [0.15, 0.2) is 6.20 Å². The number of carboxylic acid groups (broad SMARTS) is 2. The summed E-state index contributed by atoms with van der Waals surface area (Å²) in [5.41, 5.74) is 0.0594. The second-order valence-electron chi connectivity index (χ2n) is 4.66. The van der Waals surface area contributed by atoms with E-state index in [2.05, 4.69) is 15.5 Å². The molecule has 16 heteroatoms. The Morgan fingerprint density at radius 3 is 2.31 bits per heavy atom. The molecule has 0 radical (unpaired) electrons. The van der Waals surface area contributed by atoms with Gasteiger partial charge in [0.25, 0.3) is 12.3 Å². The molecule has 29 heavy (non-hydrogen) atoms. The summed E-state index contributed by atoms with van der Waals surface area (Å²) in [6.45, 7) is -0.471. The highest BCUT2D eigenvalue weighted by Gasteiger charge is 2.38. The van der Waals surface area contributed by atoms with Crippen molar-refractivity contribution in [3.05, 3.63) is 11.8 Å². The van der Waals surface area contributed by atoms with Gasteiger partial charge in [0.1, 0.15) is 5.56 Å². The van der Waals surface area contributed by atoms with Crippen LogP contribution in [-0.4, -0.2) is 75.5 Å². The predicted octanol–water partition coefficient (Wildman–Crippen LogP) is 2.27. The van der Waals surface area contributed by atoms with E-state index in [1.165, 1.54) is 27.8 Å². The maximum absolute atomic E-state index is 12.1. The Labute approximate surface area is 168 Å². The monoisotopic (exact) mass is 469 g/mol. The standard InChI is InChI=1S/C11H15F2N3O4S2.C2HF3O2/c12-8(13)6-20-11-7(5-15-16-11)10(19)14-2-4-22-21-3-1-9(17)18;3-2(4,5)1(6)7/h5,8H,1-4,6H2,(H,14,19)(H,15,16)(H,17,18);(H,6,7).